The minimum absolute atomic E-state index is 0.00784. The minimum Gasteiger partial charge on any atom is -0.367 e. The fourth-order valence-corrected chi connectivity index (χ4v) is 4.24. The van der Waals surface area contributed by atoms with Gasteiger partial charge in [-0.3, -0.25) is 4.79 Å². The van der Waals surface area contributed by atoms with Crippen molar-refractivity contribution in [2.24, 2.45) is 5.92 Å². The fraction of sp³-hybridized carbons (Fsp3) is 0.500. The van der Waals surface area contributed by atoms with Crippen molar-refractivity contribution in [3.05, 3.63) is 48.2 Å². The van der Waals surface area contributed by atoms with Crippen molar-refractivity contribution in [3.8, 4) is 0 Å². The van der Waals surface area contributed by atoms with E-state index in [1.807, 2.05) is 6.20 Å². The van der Waals surface area contributed by atoms with Gasteiger partial charge in [-0.15, -0.1) is 0 Å². The Labute approximate surface area is 171 Å². The first-order chi connectivity index (χ1) is 14.2. The molecule has 2 fully saturated rings. The smallest absolute Gasteiger partial charge is 0.223 e. The number of hydrogen-bond donors (Lipinski definition) is 1. The van der Waals surface area contributed by atoms with Gasteiger partial charge in [0.1, 0.15) is 12.1 Å². The van der Waals surface area contributed by atoms with E-state index in [1.165, 1.54) is 25.3 Å². The molecule has 2 aliphatic rings. The average molecular weight is 397 g/mol. The molecule has 2 aromatic rings. The molecule has 0 spiro atoms. The third kappa shape index (κ3) is 4.66. The van der Waals surface area contributed by atoms with Crippen LogP contribution in [0.25, 0.3) is 0 Å². The molecule has 1 aromatic carbocycles. The van der Waals surface area contributed by atoms with Crippen LogP contribution in [-0.2, 0) is 11.3 Å². The summed E-state index contributed by atoms with van der Waals surface area (Å²) in [6.45, 7) is 3.91. The highest BCUT2D eigenvalue weighted by Gasteiger charge is 2.27. The molecule has 0 bridgehead atoms. The molecule has 29 heavy (non-hydrogen) atoms. The van der Waals surface area contributed by atoms with Crippen molar-refractivity contribution in [2.45, 2.75) is 38.6 Å². The van der Waals surface area contributed by atoms with Gasteiger partial charge in [-0.2, -0.15) is 0 Å². The van der Waals surface area contributed by atoms with E-state index in [-0.39, 0.29) is 24.2 Å². The van der Waals surface area contributed by atoms with E-state index in [4.69, 9.17) is 0 Å². The van der Waals surface area contributed by atoms with Crippen molar-refractivity contribution in [1.82, 2.24) is 15.3 Å². The Morgan fingerprint density at radius 3 is 2.59 bits per heavy atom. The zero-order valence-electron chi connectivity index (χ0n) is 16.7. The highest BCUT2D eigenvalue weighted by Crippen LogP contribution is 2.31. The maximum atomic E-state index is 13.7. The number of nitrogens with one attached hydrogen (secondary N) is 1. The van der Waals surface area contributed by atoms with E-state index >= 15 is 0 Å². The Bertz CT molecular complexity index is 831. The van der Waals surface area contributed by atoms with Gasteiger partial charge in [-0.25, -0.2) is 14.4 Å². The summed E-state index contributed by atoms with van der Waals surface area (Å²) in [6, 6.07) is 6.56. The van der Waals surface area contributed by atoms with E-state index in [2.05, 4.69) is 25.1 Å². The first-order valence-electron chi connectivity index (χ1n) is 10.5. The molecule has 4 rings (SSSR count). The summed E-state index contributed by atoms with van der Waals surface area (Å²) in [4.78, 5) is 26.0. The van der Waals surface area contributed by atoms with Gasteiger partial charge in [0.25, 0.3) is 0 Å². The van der Waals surface area contributed by atoms with Crippen LogP contribution < -0.4 is 15.1 Å². The summed E-state index contributed by atoms with van der Waals surface area (Å²) in [6.07, 6.45) is 8.76. The van der Waals surface area contributed by atoms with Crippen LogP contribution in [-0.4, -0.2) is 42.1 Å². The van der Waals surface area contributed by atoms with Gasteiger partial charge in [0.2, 0.25) is 5.91 Å². The molecule has 0 radical (unpaired) electrons. The number of halogens is 1. The lowest BCUT2D eigenvalue weighted by atomic mass is 9.95. The van der Waals surface area contributed by atoms with Crippen molar-refractivity contribution in [2.75, 3.05) is 36.0 Å². The first kappa shape index (κ1) is 19.6. The zero-order valence-corrected chi connectivity index (χ0v) is 16.7. The molecule has 1 N–H and O–H groups in total. The molecular formula is C22H28FN5O. The maximum absolute atomic E-state index is 13.7. The molecule has 0 saturated carbocycles. The molecule has 2 saturated heterocycles. The fourth-order valence-electron chi connectivity index (χ4n) is 4.24. The van der Waals surface area contributed by atoms with Gasteiger partial charge in [0.05, 0.1) is 11.9 Å². The number of carbonyl (C=O) groups is 1. The van der Waals surface area contributed by atoms with Crippen LogP contribution in [0, 0.1) is 11.7 Å². The number of hydrogen-bond acceptors (Lipinski definition) is 5. The van der Waals surface area contributed by atoms with Gasteiger partial charge in [-0.1, -0.05) is 18.2 Å². The lowest BCUT2D eigenvalue weighted by Crippen LogP contribution is -2.41. The number of anilines is 2. The number of carbonyl (C=O) groups excluding carboxylic acids is 1. The number of rotatable bonds is 5. The summed E-state index contributed by atoms with van der Waals surface area (Å²) in [5, 5.41) is 2.90. The summed E-state index contributed by atoms with van der Waals surface area (Å²) in [5.74, 6) is 0.702. The molecule has 7 heteroatoms. The average Bonchev–Trinajstić information content (AvgIpc) is 2.79. The normalized spacial score (nSPS) is 18.0. The van der Waals surface area contributed by atoms with E-state index in [0.717, 1.165) is 50.5 Å². The Morgan fingerprint density at radius 2 is 1.83 bits per heavy atom. The molecule has 3 heterocycles. The highest BCUT2D eigenvalue weighted by atomic mass is 19.1. The van der Waals surface area contributed by atoms with Gasteiger partial charge in [-0.05, 0) is 38.2 Å². The van der Waals surface area contributed by atoms with Gasteiger partial charge < -0.3 is 15.1 Å². The van der Waals surface area contributed by atoms with Crippen LogP contribution in [0.4, 0.5) is 15.9 Å². The van der Waals surface area contributed by atoms with E-state index in [1.54, 1.807) is 24.5 Å². The standard InChI is InChI=1S/C22H28FN5O/c23-19-7-3-2-6-18(19)14-25-22(29)17-8-12-27(13-9-17)20-15-24-16-26-21(20)28-10-4-1-5-11-28/h2-3,6-7,15-17H,1,4-5,8-14H2,(H,25,29). The van der Waals surface area contributed by atoms with Crippen LogP contribution in [0.5, 0.6) is 0 Å². The molecule has 1 amide bonds. The third-order valence-electron chi connectivity index (χ3n) is 5.95. The van der Waals surface area contributed by atoms with Gasteiger partial charge in [0, 0.05) is 44.2 Å². The summed E-state index contributed by atoms with van der Waals surface area (Å²) in [7, 11) is 0. The largest absolute Gasteiger partial charge is 0.367 e. The molecular weight excluding hydrogens is 369 g/mol. The lowest BCUT2D eigenvalue weighted by molar-refractivity contribution is -0.125. The van der Waals surface area contributed by atoms with Crippen molar-refractivity contribution in [1.29, 1.82) is 0 Å². The Kier molecular flexibility index (Phi) is 6.22. The monoisotopic (exact) mass is 397 g/mol. The molecule has 0 atom stereocenters. The molecule has 0 aliphatic carbocycles. The van der Waals surface area contributed by atoms with Crippen LogP contribution in [0.1, 0.15) is 37.7 Å². The van der Waals surface area contributed by atoms with E-state index in [9.17, 15) is 9.18 Å². The lowest BCUT2D eigenvalue weighted by Gasteiger charge is -2.36. The molecule has 1 aromatic heterocycles. The van der Waals surface area contributed by atoms with Crippen LogP contribution in [0.15, 0.2) is 36.8 Å². The van der Waals surface area contributed by atoms with Crippen LogP contribution in [0.2, 0.25) is 0 Å². The topological polar surface area (TPSA) is 61.4 Å². The van der Waals surface area contributed by atoms with Crippen LogP contribution in [0.3, 0.4) is 0 Å². The van der Waals surface area contributed by atoms with Gasteiger partial charge >= 0.3 is 0 Å². The third-order valence-corrected chi connectivity index (χ3v) is 5.95. The van der Waals surface area contributed by atoms with Crippen molar-refractivity contribution >= 4 is 17.4 Å². The number of amides is 1. The first-order valence-corrected chi connectivity index (χ1v) is 10.5. The number of benzene rings is 1. The second-order valence-electron chi connectivity index (χ2n) is 7.85. The molecule has 154 valence electrons. The Morgan fingerprint density at radius 1 is 1.07 bits per heavy atom. The van der Waals surface area contributed by atoms with Crippen LogP contribution >= 0.6 is 0 Å². The van der Waals surface area contributed by atoms with Crippen molar-refractivity contribution < 1.29 is 9.18 Å². The summed E-state index contributed by atoms with van der Waals surface area (Å²) >= 11 is 0. The minimum atomic E-state index is -0.281. The number of nitrogens with zero attached hydrogens (tertiary/aromatic N) is 4. The summed E-state index contributed by atoms with van der Waals surface area (Å²) < 4.78 is 13.7. The second-order valence-corrected chi connectivity index (χ2v) is 7.85. The quantitative estimate of drug-likeness (QED) is 0.840. The number of aromatic nitrogens is 2. The Hall–Kier alpha value is -2.70. The number of piperidine rings is 2. The SMILES string of the molecule is O=C(NCc1ccccc1F)C1CCN(c2cncnc2N2CCCCC2)CC1. The maximum Gasteiger partial charge on any atom is 0.223 e. The van der Waals surface area contributed by atoms with Crippen molar-refractivity contribution in [3.63, 3.8) is 0 Å². The molecule has 2 aliphatic heterocycles. The summed E-state index contributed by atoms with van der Waals surface area (Å²) in [5.41, 5.74) is 1.59. The molecule has 0 unspecified atom stereocenters. The molecule has 6 nitrogen and oxygen atoms in total. The van der Waals surface area contributed by atoms with E-state index < -0.39 is 0 Å². The Balaban J connectivity index is 1.34. The predicted molar refractivity (Wildman–Crippen MR) is 111 cm³/mol. The zero-order chi connectivity index (χ0) is 20.1. The highest BCUT2D eigenvalue weighted by molar-refractivity contribution is 5.79. The van der Waals surface area contributed by atoms with E-state index in [0.29, 0.717) is 5.56 Å². The van der Waals surface area contributed by atoms with Gasteiger partial charge in [0.15, 0.2) is 5.82 Å². The predicted octanol–water partition coefficient (Wildman–Crippen LogP) is 3.14. The second kappa shape index (κ2) is 9.20.